The smallest absolute Gasteiger partial charge is 0.243 e. The molecule has 3 rings (SSSR count). The van der Waals surface area contributed by atoms with Crippen LogP contribution in [0.3, 0.4) is 0 Å². The van der Waals surface area contributed by atoms with Crippen LogP contribution in [0, 0.1) is 12.7 Å². The number of carbonyl (C=O) groups excluding carboxylic acids is 2. The first-order valence-electron chi connectivity index (χ1n) is 11.5. The SMILES string of the molecule is Cc1ccc(S(=O)(=O)N(C)CC(=O)N(Cc2ccccc2F)C(C)C(=O)NC2CCCC2)cc1. The van der Waals surface area contributed by atoms with Crippen LogP contribution < -0.4 is 5.32 Å². The summed E-state index contributed by atoms with van der Waals surface area (Å²) in [5, 5.41) is 2.97. The maximum atomic E-state index is 14.4. The molecule has 2 amide bonds. The van der Waals surface area contributed by atoms with Crippen molar-refractivity contribution in [2.45, 2.75) is 63.1 Å². The number of halogens is 1. The highest BCUT2D eigenvalue weighted by Gasteiger charge is 2.31. The Morgan fingerprint density at radius 3 is 2.32 bits per heavy atom. The van der Waals surface area contributed by atoms with E-state index in [-0.39, 0.29) is 29.0 Å². The van der Waals surface area contributed by atoms with Crippen molar-refractivity contribution in [3.8, 4) is 0 Å². The van der Waals surface area contributed by atoms with Gasteiger partial charge in [-0.25, -0.2) is 12.8 Å². The highest BCUT2D eigenvalue weighted by Crippen LogP contribution is 2.20. The normalized spacial score (nSPS) is 15.3. The van der Waals surface area contributed by atoms with Crippen molar-refractivity contribution in [2.75, 3.05) is 13.6 Å². The third-order valence-electron chi connectivity index (χ3n) is 6.25. The molecule has 0 spiro atoms. The Kier molecular flexibility index (Phi) is 8.43. The molecule has 1 fully saturated rings. The Balaban J connectivity index is 1.80. The van der Waals surface area contributed by atoms with Crippen LogP contribution in [0.1, 0.15) is 43.7 Å². The fourth-order valence-electron chi connectivity index (χ4n) is 4.04. The Labute approximate surface area is 201 Å². The summed E-state index contributed by atoms with van der Waals surface area (Å²) in [5.41, 5.74) is 1.16. The topological polar surface area (TPSA) is 86.8 Å². The molecule has 1 aliphatic rings. The molecule has 1 N–H and O–H groups in total. The van der Waals surface area contributed by atoms with Gasteiger partial charge in [-0.05, 0) is 44.9 Å². The number of rotatable bonds is 9. The van der Waals surface area contributed by atoms with E-state index in [1.807, 2.05) is 6.92 Å². The van der Waals surface area contributed by atoms with Gasteiger partial charge >= 0.3 is 0 Å². The molecule has 1 atom stereocenters. The van der Waals surface area contributed by atoms with E-state index in [0.29, 0.717) is 0 Å². The van der Waals surface area contributed by atoms with Crippen LogP contribution in [0.4, 0.5) is 4.39 Å². The zero-order chi connectivity index (χ0) is 24.9. The van der Waals surface area contributed by atoms with Gasteiger partial charge in [0.05, 0.1) is 11.4 Å². The Morgan fingerprint density at radius 2 is 1.71 bits per heavy atom. The molecule has 0 saturated heterocycles. The fraction of sp³-hybridized carbons (Fsp3) is 0.440. The first-order valence-corrected chi connectivity index (χ1v) is 12.9. The summed E-state index contributed by atoms with van der Waals surface area (Å²) in [4.78, 5) is 27.5. The number of nitrogens with one attached hydrogen (secondary N) is 1. The third kappa shape index (κ3) is 6.21. The van der Waals surface area contributed by atoms with Gasteiger partial charge in [0.2, 0.25) is 21.8 Å². The molecule has 1 aliphatic carbocycles. The van der Waals surface area contributed by atoms with E-state index in [1.165, 1.54) is 30.1 Å². The lowest BCUT2D eigenvalue weighted by Gasteiger charge is -2.31. The quantitative estimate of drug-likeness (QED) is 0.586. The number of nitrogens with zero attached hydrogens (tertiary/aromatic N) is 2. The largest absolute Gasteiger partial charge is 0.352 e. The van der Waals surface area contributed by atoms with Gasteiger partial charge < -0.3 is 10.2 Å². The lowest BCUT2D eigenvalue weighted by molar-refractivity contribution is -0.140. The lowest BCUT2D eigenvalue weighted by atomic mass is 10.1. The minimum Gasteiger partial charge on any atom is -0.352 e. The van der Waals surface area contributed by atoms with E-state index < -0.39 is 34.3 Å². The number of benzene rings is 2. The monoisotopic (exact) mass is 489 g/mol. The molecule has 0 heterocycles. The second kappa shape index (κ2) is 11.1. The Bertz CT molecular complexity index is 1120. The number of hydrogen-bond donors (Lipinski definition) is 1. The van der Waals surface area contributed by atoms with Gasteiger partial charge in [0, 0.05) is 25.2 Å². The van der Waals surface area contributed by atoms with Gasteiger partial charge in [-0.1, -0.05) is 48.7 Å². The van der Waals surface area contributed by atoms with Crippen LogP contribution in [-0.2, 0) is 26.2 Å². The maximum Gasteiger partial charge on any atom is 0.243 e. The number of likely N-dealkylation sites (N-methyl/N-ethyl adjacent to an activating group) is 1. The molecular formula is C25H32FN3O4S. The van der Waals surface area contributed by atoms with Crippen molar-refractivity contribution in [1.29, 1.82) is 0 Å². The van der Waals surface area contributed by atoms with E-state index in [2.05, 4.69) is 5.32 Å². The van der Waals surface area contributed by atoms with E-state index in [1.54, 1.807) is 37.3 Å². The number of hydrogen-bond acceptors (Lipinski definition) is 4. The minimum atomic E-state index is -3.92. The second-order valence-electron chi connectivity index (χ2n) is 8.85. The Morgan fingerprint density at radius 1 is 1.09 bits per heavy atom. The first kappa shape index (κ1) is 25.8. The van der Waals surface area contributed by atoms with E-state index in [0.717, 1.165) is 35.6 Å². The maximum absolute atomic E-state index is 14.4. The molecular weight excluding hydrogens is 457 g/mol. The van der Waals surface area contributed by atoms with Crippen LogP contribution in [0.2, 0.25) is 0 Å². The Hall–Kier alpha value is -2.78. The lowest BCUT2D eigenvalue weighted by Crippen LogP contribution is -2.52. The molecule has 1 unspecified atom stereocenters. The number of carbonyl (C=O) groups is 2. The standard InChI is InChI=1S/C25H32FN3O4S/c1-18-12-14-22(15-13-18)34(32,33)28(3)17-24(30)29(16-20-8-4-7-11-23(20)26)19(2)25(31)27-21-9-5-6-10-21/h4,7-8,11-15,19,21H,5-6,9-10,16-17H2,1-3H3,(H,27,31). The number of sulfonamides is 1. The number of aryl methyl sites for hydroxylation is 1. The van der Waals surface area contributed by atoms with Crippen LogP contribution in [0.5, 0.6) is 0 Å². The molecule has 0 radical (unpaired) electrons. The predicted octanol–water partition coefficient (Wildman–Crippen LogP) is 3.23. The second-order valence-corrected chi connectivity index (χ2v) is 10.9. The molecule has 0 bridgehead atoms. The van der Waals surface area contributed by atoms with Crippen molar-refractivity contribution in [2.24, 2.45) is 0 Å². The summed E-state index contributed by atoms with van der Waals surface area (Å²) in [6.07, 6.45) is 3.85. The summed E-state index contributed by atoms with van der Waals surface area (Å²) in [7, 11) is -2.60. The van der Waals surface area contributed by atoms with Crippen molar-refractivity contribution in [1.82, 2.24) is 14.5 Å². The minimum absolute atomic E-state index is 0.0601. The molecule has 7 nitrogen and oxygen atoms in total. The summed E-state index contributed by atoms with van der Waals surface area (Å²) in [6, 6.07) is 11.5. The molecule has 9 heteroatoms. The highest BCUT2D eigenvalue weighted by molar-refractivity contribution is 7.89. The molecule has 2 aromatic carbocycles. The molecule has 34 heavy (non-hydrogen) atoms. The van der Waals surface area contributed by atoms with Gasteiger partial charge in [0.1, 0.15) is 11.9 Å². The van der Waals surface area contributed by atoms with E-state index in [9.17, 15) is 22.4 Å². The summed E-state index contributed by atoms with van der Waals surface area (Å²) < 4.78 is 41.2. The zero-order valence-corrected chi connectivity index (χ0v) is 20.6. The van der Waals surface area contributed by atoms with Crippen molar-refractivity contribution in [3.05, 3.63) is 65.5 Å². The summed E-state index contributed by atoms with van der Waals surface area (Å²) >= 11 is 0. The zero-order valence-electron chi connectivity index (χ0n) is 19.8. The summed E-state index contributed by atoms with van der Waals surface area (Å²) in [5.74, 6) is -1.42. The average Bonchev–Trinajstić information content (AvgIpc) is 3.31. The van der Waals surface area contributed by atoms with Crippen LogP contribution in [0.15, 0.2) is 53.4 Å². The molecule has 1 saturated carbocycles. The molecule has 2 aromatic rings. The average molecular weight is 490 g/mol. The third-order valence-corrected chi connectivity index (χ3v) is 8.07. The molecule has 184 valence electrons. The fourth-order valence-corrected chi connectivity index (χ4v) is 5.16. The van der Waals surface area contributed by atoms with Crippen LogP contribution in [0.25, 0.3) is 0 Å². The van der Waals surface area contributed by atoms with Crippen molar-refractivity contribution < 1.29 is 22.4 Å². The summed E-state index contributed by atoms with van der Waals surface area (Å²) in [6.45, 7) is 2.80. The van der Waals surface area contributed by atoms with Gasteiger partial charge in [0.25, 0.3) is 0 Å². The highest BCUT2D eigenvalue weighted by atomic mass is 32.2. The van der Waals surface area contributed by atoms with Crippen molar-refractivity contribution >= 4 is 21.8 Å². The van der Waals surface area contributed by atoms with Gasteiger partial charge in [0.15, 0.2) is 0 Å². The van der Waals surface area contributed by atoms with Gasteiger partial charge in [-0.15, -0.1) is 0 Å². The van der Waals surface area contributed by atoms with Crippen LogP contribution in [-0.4, -0.2) is 55.1 Å². The van der Waals surface area contributed by atoms with Gasteiger partial charge in [-0.2, -0.15) is 4.31 Å². The van der Waals surface area contributed by atoms with E-state index in [4.69, 9.17) is 0 Å². The molecule has 0 aromatic heterocycles. The predicted molar refractivity (Wildman–Crippen MR) is 128 cm³/mol. The van der Waals surface area contributed by atoms with Gasteiger partial charge in [-0.3, -0.25) is 9.59 Å². The number of amides is 2. The van der Waals surface area contributed by atoms with E-state index >= 15 is 0 Å². The molecule has 0 aliphatic heterocycles. The van der Waals surface area contributed by atoms with Crippen molar-refractivity contribution in [3.63, 3.8) is 0 Å². The van der Waals surface area contributed by atoms with Crippen LogP contribution >= 0.6 is 0 Å². The first-order chi connectivity index (χ1) is 16.1.